The van der Waals surface area contributed by atoms with E-state index in [0.29, 0.717) is 0 Å². The van der Waals surface area contributed by atoms with Gasteiger partial charge in [-0.15, -0.1) is 0 Å². The van der Waals surface area contributed by atoms with Crippen LogP contribution in [0.2, 0.25) is 5.02 Å². The molecule has 3 aromatic rings. The van der Waals surface area contributed by atoms with Gasteiger partial charge < -0.3 is 4.42 Å². The van der Waals surface area contributed by atoms with E-state index in [0.717, 1.165) is 26.8 Å². The van der Waals surface area contributed by atoms with Crippen LogP contribution in [0.4, 0.5) is 0 Å². The summed E-state index contributed by atoms with van der Waals surface area (Å²) in [7, 11) is 0. The van der Waals surface area contributed by atoms with E-state index in [2.05, 4.69) is 0 Å². The molecule has 0 saturated carbocycles. The Kier molecular flexibility index (Phi) is 1.55. The Morgan fingerprint density at radius 2 is 1.79 bits per heavy atom. The van der Waals surface area contributed by atoms with E-state index in [1.54, 1.807) is 6.26 Å². The first-order valence-corrected chi connectivity index (χ1v) is 4.78. The Labute approximate surface area is 85.9 Å². The second-order valence-electron chi connectivity index (χ2n) is 3.24. The van der Waals surface area contributed by atoms with Gasteiger partial charge in [-0.3, -0.25) is 0 Å². The Balaban J connectivity index is 2.67. The molecule has 0 amide bonds. The van der Waals surface area contributed by atoms with Gasteiger partial charge in [-0.2, -0.15) is 0 Å². The third-order valence-corrected chi connectivity index (χ3v) is 2.72. The maximum atomic E-state index is 6.15. The predicted molar refractivity (Wildman–Crippen MR) is 58.7 cm³/mol. The van der Waals surface area contributed by atoms with Crippen LogP contribution in [0.5, 0.6) is 0 Å². The van der Waals surface area contributed by atoms with Crippen LogP contribution in [0.3, 0.4) is 0 Å². The zero-order valence-corrected chi connectivity index (χ0v) is 8.08. The van der Waals surface area contributed by atoms with Gasteiger partial charge in [0.25, 0.3) is 0 Å². The molecule has 1 heterocycles. The number of hydrogen-bond donors (Lipinski definition) is 0. The maximum absolute atomic E-state index is 6.15. The summed E-state index contributed by atoms with van der Waals surface area (Å²) in [5.74, 6) is 0. The fraction of sp³-hybridized carbons (Fsp3) is 0. The van der Waals surface area contributed by atoms with Gasteiger partial charge in [0.2, 0.25) is 0 Å². The standard InChI is InChI=1S/C12H7ClO/c13-11-7-8-5-6-14-12(8)10-4-2-1-3-9(10)11/h1-7H. The summed E-state index contributed by atoms with van der Waals surface area (Å²) >= 11 is 6.15. The molecule has 2 aromatic carbocycles. The molecule has 0 fully saturated rings. The van der Waals surface area contributed by atoms with E-state index in [4.69, 9.17) is 16.0 Å². The van der Waals surface area contributed by atoms with E-state index in [1.807, 2.05) is 36.4 Å². The van der Waals surface area contributed by atoms with Crippen molar-refractivity contribution in [2.24, 2.45) is 0 Å². The number of hydrogen-bond acceptors (Lipinski definition) is 1. The topological polar surface area (TPSA) is 13.1 Å². The van der Waals surface area contributed by atoms with Crippen molar-refractivity contribution in [2.75, 3.05) is 0 Å². The van der Waals surface area contributed by atoms with Crippen molar-refractivity contribution in [1.29, 1.82) is 0 Å². The van der Waals surface area contributed by atoms with Gasteiger partial charge in [-0.25, -0.2) is 0 Å². The molecule has 0 unspecified atom stereocenters. The highest BCUT2D eigenvalue weighted by Gasteiger charge is 2.06. The van der Waals surface area contributed by atoms with Crippen molar-refractivity contribution in [3.63, 3.8) is 0 Å². The van der Waals surface area contributed by atoms with Crippen LogP contribution < -0.4 is 0 Å². The van der Waals surface area contributed by atoms with Crippen LogP contribution in [0.1, 0.15) is 0 Å². The lowest BCUT2D eigenvalue weighted by atomic mass is 10.1. The van der Waals surface area contributed by atoms with Gasteiger partial charge in [0.1, 0.15) is 5.58 Å². The fourth-order valence-corrected chi connectivity index (χ4v) is 2.04. The largest absolute Gasteiger partial charge is 0.464 e. The van der Waals surface area contributed by atoms with Crippen molar-refractivity contribution in [2.45, 2.75) is 0 Å². The maximum Gasteiger partial charge on any atom is 0.141 e. The molecule has 0 radical (unpaired) electrons. The highest BCUT2D eigenvalue weighted by Crippen LogP contribution is 2.31. The zero-order chi connectivity index (χ0) is 9.54. The third kappa shape index (κ3) is 0.962. The molecule has 2 heteroatoms. The molecule has 0 aliphatic carbocycles. The van der Waals surface area contributed by atoms with Gasteiger partial charge in [0, 0.05) is 21.2 Å². The van der Waals surface area contributed by atoms with Crippen LogP contribution in [-0.2, 0) is 0 Å². The van der Waals surface area contributed by atoms with Crippen molar-refractivity contribution in [3.8, 4) is 0 Å². The van der Waals surface area contributed by atoms with Crippen LogP contribution in [-0.4, -0.2) is 0 Å². The minimum Gasteiger partial charge on any atom is -0.464 e. The Morgan fingerprint density at radius 1 is 1.00 bits per heavy atom. The van der Waals surface area contributed by atoms with Gasteiger partial charge >= 0.3 is 0 Å². The second kappa shape index (κ2) is 2.76. The van der Waals surface area contributed by atoms with Crippen molar-refractivity contribution >= 4 is 33.3 Å². The van der Waals surface area contributed by atoms with Gasteiger partial charge in [0.05, 0.1) is 6.26 Å². The monoisotopic (exact) mass is 202 g/mol. The van der Waals surface area contributed by atoms with Crippen molar-refractivity contribution in [1.82, 2.24) is 0 Å². The van der Waals surface area contributed by atoms with Crippen LogP contribution in [0, 0.1) is 0 Å². The number of fused-ring (bicyclic) bond motifs is 3. The summed E-state index contributed by atoms with van der Waals surface area (Å²) in [5, 5.41) is 3.93. The van der Waals surface area contributed by atoms with Gasteiger partial charge in [-0.1, -0.05) is 35.9 Å². The van der Waals surface area contributed by atoms with Crippen molar-refractivity contribution in [3.05, 3.63) is 47.7 Å². The third-order valence-electron chi connectivity index (χ3n) is 2.41. The first-order chi connectivity index (χ1) is 6.86. The molecule has 3 rings (SSSR count). The number of furan rings is 1. The lowest BCUT2D eigenvalue weighted by Gasteiger charge is -2.00. The molecule has 0 aliphatic rings. The molecule has 68 valence electrons. The quantitative estimate of drug-likeness (QED) is 0.532. The first-order valence-electron chi connectivity index (χ1n) is 4.41. The normalized spacial score (nSPS) is 11.2. The number of rotatable bonds is 0. The molecule has 14 heavy (non-hydrogen) atoms. The lowest BCUT2D eigenvalue weighted by Crippen LogP contribution is -1.74. The molecule has 0 bridgehead atoms. The fourth-order valence-electron chi connectivity index (χ4n) is 1.76. The second-order valence-corrected chi connectivity index (χ2v) is 3.65. The highest BCUT2D eigenvalue weighted by atomic mass is 35.5. The highest BCUT2D eigenvalue weighted by molar-refractivity contribution is 6.37. The van der Waals surface area contributed by atoms with E-state index in [1.165, 1.54) is 0 Å². The van der Waals surface area contributed by atoms with E-state index in [-0.39, 0.29) is 0 Å². The molecular weight excluding hydrogens is 196 g/mol. The molecular formula is C12H7ClO. The van der Waals surface area contributed by atoms with Crippen molar-refractivity contribution < 1.29 is 4.42 Å². The minimum atomic E-state index is 0.773. The summed E-state index contributed by atoms with van der Waals surface area (Å²) < 4.78 is 5.43. The summed E-state index contributed by atoms with van der Waals surface area (Å²) in [6.45, 7) is 0. The Hall–Kier alpha value is -1.47. The first kappa shape index (κ1) is 7.89. The molecule has 1 nitrogen and oxygen atoms in total. The predicted octanol–water partition coefficient (Wildman–Crippen LogP) is 4.24. The van der Waals surface area contributed by atoms with E-state index in [9.17, 15) is 0 Å². The van der Waals surface area contributed by atoms with Crippen LogP contribution in [0.15, 0.2) is 47.1 Å². The summed E-state index contributed by atoms with van der Waals surface area (Å²) in [5.41, 5.74) is 0.907. The van der Waals surface area contributed by atoms with Gasteiger partial charge in [0.15, 0.2) is 0 Å². The average Bonchev–Trinajstić information content (AvgIpc) is 2.66. The number of halogens is 1. The number of benzene rings is 2. The molecule has 0 spiro atoms. The molecule has 0 N–H and O–H groups in total. The average molecular weight is 203 g/mol. The molecule has 0 aliphatic heterocycles. The smallest absolute Gasteiger partial charge is 0.141 e. The molecule has 1 aromatic heterocycles. The summed E-state index contributed by atoms with van der Waals surface area (Å²) in [6.07, 6.45) is 1.69. The van der Waals surface area contributed by atoms with Crippen LogP contribution in [0.25, 0.3) is 21.7 Å². The Bertz CT molecular complexity index is 610. The lowest BCUT2D eigenvalue weighted by molar-refractivity contribution is 0.619. The zero-order valence-electron chi connectivity index (χ0n) is 7.33. The van der Waals surface area contributed by atoms with Crippen LogP contribution >= 0.6 is 11.6 Å². The summed E-state index contributed by atoms with van der Waals surface area (Å²) in [4.78, 5) is 0. The SMILES string of the molecule is Clc1cc2ccoc2c2ccccc12. The minimum absolute atomic E-state index is 0.773. The van der Waals surface area contributed by atoms with E-state index >= 15 is 0 Å². The Morgan fingerprint density at radius 3 is 2.64 bits per heavy atom. The van der Waals surface area contributed by atoms with E-state index < -0.39 is 0 Å². The molecule has 0 saturated heterocycles. The molecule has 0 atom stereocenters. The van der Waals surface area contributed by atoms with Gasteiger partial charge in [-0.05, 0) is 12.1 Å². The summed E-state index contributed by atoms with van der Waals surface area (Å²) in [6, 6.07) is 11.8.